The van der Waals surface area contributed by atoms with E-state index in [1.165, 1.54) is 30.1 Å². The largest absolute Gasteiger partial charge is 0.250 e. The minimum Gasteiger partial charge on any atom is -0.250 e. The fourth-order valence-corrected chi connectivity index (χ4v) is 0.894. The molecule has 0 aliphatic heterocycles. The molecule has 0 aliphatic rings. The third-order valence-corrected chi connectivity index (χ3v) is 1.55. The van der Waals surface area contributed by atoms with E-state index in [0.717, 1.165) is 5.03 Å². The molecule has 0 radical (unpaired) electrons. The Kier molecular flexibility index (Phi) is 2.05. The smallest absolute Gasteiger partial charge is 0.127 e. The first-order chi connectivity index (χ1) is 4.33. The van der Waals surface area contributed by atoms with Crippen LogP contribution in [-0.2, 0) is 0 Å². The second kappa shape index (κ2) is 2.82. The number of aromatic nitrogens is 1. The van der Waals surface area contributed by atoms with Gasteiger partial charge in [-0.1, -0.05) is 0 Å². The van der Waals surface area contributed by atoms with Crippen LogP contribution >= 0.6 is 11.8 Å². The van der Waals surface area contributed by atoms with Crippen LogP contribution in [0.5, 0.6) is 0 Å². The molecule has 0 amide bonds. The van der Waals surface area contributed by atoms with E-state index in [1.54, 1.807) is 0 Å². The predicted octanol–water partition coefficient (Wildman–Crippen LogP) is 1.94. The molecule has 0 fully saturated rings. The number of nitrogens with zero attached hydrogens (tertiary/aromatic N) is 1. The van der Waals surface area contributed by atoms with Crippen molar-refractivity contribution in [1.29, 1.82) is 0 Å². The molecule has 0 spiro atoms. The maximum Gasteiger partial charge on any atom is 0.127 e. The molecule has 0 aromatic carbocycles. The van der Waals surface area contributed by atoms with Gasteiger partial charge in [0.05, 0.1) is 5.03 Å². The molecule has 3 heteroatoms. The van der Waals surface area contributed by atoms with Crippen LogP contribution in [0.15, 0.2) is 23.4 Å². The molecule has 1 heterocycles. The molecule has 0 unspecified atom stereocenters. The molecule has 1 aromatic rings. The fourth-order valence-electron chi connectivity index (χ4n) is 0.497. The van der Waals surface area contributed by atoms with Crippen molar-refractivity contribution in [3.8, 4) is 0 Å². The lowest BCUT2D eigenvalue weighted by molar-refractivity contribution is 0.620. The van der Waals surface area contributed by atoms with Crippen molar-refractivity contribution in [3.63, 3.8) is 0 Å². The first-order valence-electron chi connectivity index (χ1n) is 2.48. The Bertz CT molecular complexity index is 202. The van der Waals surface area contributed by atoms with Gasteiger partial charge in [0, 0.05) is 12.3 Å². The third-order valence-electron chi connectivity index (χ3n) is 0.906. The van der Waals surface area contributed by atoms with Crippen LogP contribution in [-0.4, -0.2) is 11.2 Å². The van der Waals surface area contributed by atoms with E-state index < -0.39 is 0 Å². The SMILES string of the molecule is CSc1cc(F)ccn1. The van der Waals surface area contributed by atoms with Crippen LogP contribution < -0.4 is 0 Å². The second-order valence-electron chi connectivity index (χ2n) is 1.52. The molecule has 1 aromatic heterocycles. The molecule has 0 N–H and O–H groups in total. The molecule has 0 saturated carbocycles. The average Bonchev–Trinajstić information content (AvgIpc) is 1.88. The molecule has 0 atom stereocenters. The Labute approximate surface area is 57.3 Å². The van der Waals surface area contributed by atoms with Crippen molar-refractivity contribution in [2.24, 2.45) is 0 Å². The summed E-state index contributed by atoms with van der Waals surface area (Å²) < 4.78 is 12.3. The van der Waals surface area contributed by atoms with Crippen LogP contribution in [0.3, 0.4) is 0 Å². The van der Waals surface area contributed by atoms with Gasteiger partial charge in [-0.25, -0.2) is 9.37 Å². The summed E-state index contributed by atoms with van der Waals surface area (Å²) in [6.07, 6.45) is 3.32. The average molecular weight is 143 g/mol. The van der Waals surface area contributed by atoms with Gasteiger partial charge < -0.3 is 0 Å². The van der Waals surface area contributed by atoms with Gasteiger partial charge in [-0.05, 0) is 12.3 Å². The Morgan fingerprint density at radius 3 is 2.89 bits per heavy atom. The van der Waals surface area contributed by atoms with E-state index in [2.05, 4.69) is 4.98 Å². The highest BCUT2D eigenvalue weighted by atomic mass is 32.2. The highest BCUT2D eigenvalue weighted by Gasteiger charge is 1.91. The number of hydrogen-bond donors (Lipinski definition) is 0. The van der Waals surface area contributed by atoms with E-state index >= 15 is 0 Å². The molecular formula is C6H6FNS. The van der Waals surface area contributed by atoms with Crippen LogP contribution in [0.25, 0.3) is 0 Å². The highest BCUT2D eigenvalue weighted by molar-refractivity contribution is 7.98. The minimum atomic E-state index is -0.227. The van der Waals surface area contributed by atoms with E-state index in [1.807, 2.05) is 6.26 Å². The number of pyridine rings is 1. The number of hydrogen-bond acceptors (Lipinski definition) is 2. The third kappa shape index (κ3) is 1.68. The maximum atomic E-state index is 12.3. The van der Waals surface area contributed by atoms with Gasteiger partial charge in [-0.2, -0.15) is 0 Å². The van der Waals surface area contributed by atoms with Crippen molar-refractivity contribution in [1.82, 2.24) is 4.98 Å². The molecule has 9 heavy (non-hydrogen) atoms. The minimum absolute atomic E-state index is 0.227. The predicted molar refractivity (Wildman–Crippen MR) is 36.0 cm³/mol. The lowest BCUT2D eigenvalue weighted by Gasteiger charge is -1.91. The molecule has 1 rings (SSSR count). The molecule has 0 bridgehead atoms. The van der Waals surface area contributed by atoms with Crippen molar-refractivity contribution < 1.29 is 4.39 Å². The zero-order valence-electron chi connectivity index (χ0n) is 4.97. The first kappa shape index (κ1) is 6.55. The van der Waals surface area contributed by atoms with Crippen molar-refractivity contribution in [2.45, 2.75) is 5.03 Å². The molecule has 0 aliphatic carbocycles. The van der Waals surface area contributed by atoms with E-state index in [0.29, 0.717) is 0 Å². The summed E-state index contributed by atoms with van der Waals surface area (Å²) >= 11 is 1.43. The van der Waals surface area contributed by atoms with E-state index in [9.17, 15) is 4.39 Å². The Balaban J connectivity index is 2.94. The lowest BCUT2D eigenvalue weighted by Crippen LogP contribution is -1.78. The second-order valence-corrected chi connectivity index (χ2v) is 2.34. The first-order valence-corrected chi connectivity index (χ1v) is 3.71. The normalized spacial score (nSPS) is 9.56. The van der Waals surface area contributed by atoms with E-state index in [-0.39, 0.29) is 5.82 Å². The Morgan fingerprint density at radius 2 is 2.44 bits per heavy atom. The van der Waals surface area contributed by atoms with Gasteiger partial charge in [0.25, 0.3) is 0 Å². The van der Waals surface area contributed by atoms with Crippen LogP contribution in [0.1, 0.15) is 0 Å². The number of rotatable bonds is 1. The van der Waals surface area contributed by atoms with Gasteiger partial charge in [0.1, 0.15) is 5.82 Å². The summed E-state index contributed by atoms with van der Waals surface area (Å²) in [5.74, 6) is -0.227. The Morgan fingerprint density at radius 1 is 1.67 bits per heavy atom. The summed E-state index contributed by atoms with van der Waals surface area (Å²) in [5.41, 5.74) is 0. The maximum absolute atomic E-state index is 12.3. The summed E-state index contributed by atoms with van der Waals surface area (Å²) in [7, 11) is 0. The topological polar surface area (TPSA) is 12.9 Å². The monoisotopic (exact) mass is 143 g/mol. The van der Waals surface area contributed by atoms with Gasteiger partial charge >= 0.3 is 0 Å². The van der Waals surface area contributed by atoms with Gasteiger partial charge in [0.15, 0.2) is 0 Å². The summed E-state index contributed by atoms with van der Waals surface area (Å²) in [6.45, 7) is 0. The van der Waals surface area contributed by atoms with Gasteiger partial charge in [-0.3, -0.25) is 0 Å². The van der Waals surface area contributed by atoms with Crippen molar-refractivity contribution >= 4 is 11.8 Å². The number of thioether (sulfide) groups is 1. The quantitative estimate of drug-likeness (QED) is 0.557. The summed E-state index contributed by atoms with van der Waals surface area (Å²) in [4.78, 5) is 3.88. The van der Waals surface area contributed by atoms with Crippen LogP contribution in [0, 0.1) is 5.82 Å². The highest BCUT2D eigenvalue weighted by Crippen LogP contribution is 2.10. The lowest BCUT2D eigenvalue weighted by atomic mass is 10.5. The molecule has 0 saturated heterocycles. The zero-order valence-corrected chi connectivity index (χ0v) is 5.78. The Hall–Kier alpha value is -0.570. The van der Waals surface area contributed by atoms with Crippen molar-refractivity contribution in [2.75, 3.05) is 6.26 Å². The van der Waals surface area contributed by atoms with Gasteiger partial charge in [0.2, 0.25) is 0 Å². The van der Waals surface area contributed by atoms with Crippen molar-refractivity contribution in [3.05, 3.63) is 24.1 Å². The molecule has 48 valence electrons. The fraction of sp³-hybridized carbons (Fsp3) is 0.167. The molecular weight excluding hydrogens is 137 g/mol. The zero-order chi connectivity index (χ0) is 6.69. The summed E-state index contributed by atoms with van der Waals surface area (Å²) in [6, 6.07) is 2.74. The molecule has 1 nitrogen and oxygen atoms in total. The van der Waals surface area contributed by atoms with Gasteiger partial charge in [-0.15, -0.1) is 11.8 Å². The van der Waals surface area contributed by atoms with E-state index in [4.69, 9.17) is 0 Å². The van der Waals surface area contributed by atoms with Crippen LogP contribution in [0.2, 0.25) is 0 Å². The van der Waals surface area contributed by atoms with Crippen LogP contribution in [0.4, 0.5) is 4.39 Å². The number of halogens is 1. The standard InChI is InChI=1S/C6H6FNS/c1-9-6-4-5(7)2-3-8-6/h2-4H,1H3. The summed E-state index contributed by atoms with van der Waals surface area (Å²) in [5, 5.41) is 0.718.